The topological polar surface area (TPSA) is 43.8 Å². The van der Waals surface area contributed by atoms with Crippen LogP contribution < -0.4 is 5.73 Å². The Morgan fingerprint density at radius 1 is 1.58 bits per heavy atom. The first-order valence-corrected chi connectivity index (χ1v) is 4.39. The lowest BCUT2D eigenvalue weighted by molar-refractivity contribution is 0.582. The van der Waals surface area contributed by atoms with E-state index in [2.05, 4.69) is 29.6 Å². The first-order valence-electron chi connectivity index (χ1n) is 4.39. The zero-order valence-electron chi connectivity index (χ0n) is 8.04. The maximum absolute atomic E-state index is 5.45. The first-order chi connectivity index (χ1) is 5.65. The molecule has 0 aliphatic carbocycles. The van der Waals surface area contributed by atoms with E-state index in [0.717, 1.165) is 17.9 Å². The summed E-state index contributed by atoms with van der Waals surface area (Å²) in [6.07, 6.45) is 2.97. The Morgan fingerprint density at radius 2 is 2.25 bits per heavy atom. The van der Waals surface area contributed by atoms with Crippen molar-refractivity contribution in [3.8, 4) is 0 Å². The summed E-state index contributed by atoms with van der Waals surface area (Å²) in [5, 5.41) is 0. The lowest BCUT2D eigenvalue weighted by atomic mass is 10.3. The lowest BCUT2D eigenvalue weighted by Gasteiger charge is -2.07. The molecule has 0 amide bonds. The molecule has 0 aliphatic heterocycles. The number of hydrogen-bond donors (Lipinski definition) is 1. The molecule has 0 bridgehead atoms. The fourth-order valence-electron chi connectivity index (χ4n) is 1.34. The van der Waals surface area contributed by atoms with E-state index in [-0.39, 0.29) is 0 Å². The Kier molecular flexibility index (Phi) is 2.87. The summed E-state index contributed by atoms with van der Waals surface area (Å²) in [5.41, 5.74) is 6.55. The van der Waals surface area contributed by atoms with E-state index in [1.54, 1.807) is 0 Å². The monoisotopic (exact) mass is 167 g/mol. The van der Waals surface area contributed by atoms with Crippen molar-refractivity contribution < 1.29 is 0 Å². The molecule has 12 heavy (non-hydrogen) atoms. The van der Waals surface area contributed by atoms with Gasteiger partial charge in [0.15, 0.2) is 0 Å². The van der Waals surface area contributed by atoms with Crippen LogP contribution in [0.2, 0.25) is 0 Å². The highest BCUT2D eigenvalue weighted by atomic mass is 15.1. The third-order valence-electron chi connectivity index (χ3n) is 1.92. The fraction of sp³-hybridized carbons (Fsp3) is 0.667. The van der Waals surface area contributed by atoms with Gasteiger partial charge in [-0.3, -0.25) is 0 Å². The second kappa shape index (κ2) is 3.72. The molecular formula is C9H17N3. The number of hydrogen-bond acceptors (Lipinski definition) is 2. The van der Waals surface area contributed by atoms with Gasteiger partial charge >= 0.3 is 0 Å². The van der Waals surface area contributed by atoms with Gasteiger partial charge < -0.3 is 10.3 Å². The normalized spacial score (nSPS) is 11.1. The molecule has 0 atom stereocenters. The zero-order chi connectivity index (χ0) is 9.14. The predicted octanol–water partition coefficient (Wildman–Crippen LogP) is 1.27. The second-order valence-corrected chi connectivity index (χ2v) is 3.32. The first kappa shape index (κ1) is 9.26. The largest absolute Gasteiger partial charge is 0.332 e. The minimum Gasteiger partial charge on any atom is -0.332 e. The van der Waals surface area contributed by atoms with Crippen molar-refractivity contribution in [1.29, 1.82) is 0 Å². The van der Waals surface area contributed by atoms with Crippen LogP contribution in [-0.2, 0) is 6.42 Å². The summed E-state index contributed by atoms with van der Waals surface area (Å²) in [6, 6.07) is 0.490. The van der Waals surface area contributed by atoms with E-state index in [9.17, 15) is 0 Å². The van der Waals surface area contributed by atoms with Gasteiger partial charge in [0.1, 0.15) is 5.82 Å². The molecule has 0 saturated carbocycles. The smallest absolute Gasteiger partial charge is 0.106 e. The van der Waals surface area contributed by atoms with Gasteiger partial charge in [-0.25, -0.2) is 4.98 Å². The maximum Gasteiger partial charge on any atom is 0.106 e. The SMILES string of the molecule is Cc1nc(CCN)cn1C(C)C. The van der Waals surface area contributed by atoms with Crippen LogP contribution in [0.15, 0.2) is 6.20 Å². The third kappa shape index (κ3) is 1.85. The molecule has 1 heterocycles. The molecule has 1 rings (SSSR count). The van der Waals surface area contributed by atoms with Crippen LogP contribution in [0.4, 0.5) is 0 Å². The number of aromatic nitrogens is 2. The minimum absolute atomic E-state index is 0.490. The van der Waals surface area contributed by atoms with Gasteiger partial charge in [-0.1, -0.05) is 0 Å². The van der Waals surface area contributed by atoms with Crippen molar-refractivity contribution in [2.24, 2.45) is 5.73 Å². The molecule has 0 unspecified atom stereocenters. The number of imidazole rings is 1. The average molecular weight is 167 g/mol. The van der Waals surface area contributed by atoms with Crippen molar-refractivity contribution in [3.63, 3.8) is 0 Å². The summed E-state index contributed by atoms with van der Waals surface area (Å²) in [7, 11) is 0. The fourth-order valence-corrected chi connectivity index (χ4v) is 1.34. The molecule has 1 aromatic rings. The molecule has 1 aromatic heterocycles. The molecule has 0 aliphatic rings. The highest BCUT2D eigenvalue weighted by molar-refractivity contribution is 5.04. The Hall–Kier alpha value is -0.830. The van der Waals surface area contributed by atoms with Crippen molar-refractivity contribution >= 4 is 0 Å². The van der Waals surface area contributed by atoms with E-state index in [1.807, 2.05) is 6.92 Å². The van der Waals surface area contributed by atoms with Crippen molar-refractivity contribution in [2.75, 3.05) is 6.54 Å². The van der Waals surface area contributed by atoms with Crippen LogP contribution in [0.25, 0.3) is 0 Å². The Labute approximate surface area is 73.6 Å². The molecule has 0 fully saturated rings. The van der Waals surface area contributed by atoms with Crippen molar-refractivity contribution in [3.05, 3.63) is 17.7 Å². The summed E-state index contributed by atoms with van der Waals surface area (Å²) < 4.78 is 2.17. The number of rotatable bonds is 3. The van der Waals surface area contributed by atoms with E-state index in [4.69, 9.17) is 5.73 Å². The van der Waals surface area contributed by atoms with Gasteiger partial charge in [0.05, 0.1) is 5.69 Å². The molecule has 0 radical (unpaired) electrons. The Balaban J connectivity index is 2.85. The van der Waals surface area contributed by atoms with Crippen LogP contribution >= 0.6 is 0 Å². The molecule has 0 spiro atoms. The average Bonchev–Trinajstić information content (AvgIpc) is 2.32. The van der Waals surface area contributed by atoms with Crippen LogP contribution in [0.5, 0.6) is 0 Å². The number of aryl methyl sites for hydroxylation is 1. The standard InChI is InChI=1S/C9H17N3/c1-7(2)12-6-9(4-5-10)11-8(12)3/h6-7H,4-5,10H2,1-3H3. The Bertz CT molecular complexity index is 250. The van der Waals surface area contributed by atoms with Gasteiger partial charge in [0.2, 0.25) is 0 Å². The zero-order valence-corrected chi connectivity index (χ0v) is 8.04. The van der Waals surface area contributed by atoms with Gasteiger partial charge in [0.25, 0.3) is 0 Å². The summed E-state index contributed by atoms with van der Waals surface area (Å²) in [6.45, 7) is 7.01. The number of nitrogens with two attached hydrogens (primary N) is 1. The van der Waals surface area contributed by atoms with Crippen LogP contribution in [0.3, 0.4) is 0 Å². The molecule has 0 aromatic carbocycles. The van der Waals surface area contributed by atoms with E-state index < -0.39 is 0 Å². The van der Waals surface area contributed by atoms with Crippen molar-refractivity contribution in [2.45, 2.75) is 33.2 Å². The highest BCUT2D eigenvalue weighted by Gasteiger charge is 2.05. The molecule has 2 N–H and O–H groups in total. The predicted molar refractivity (Wildman–Crippen MR) is 50.1 cm³/mol. The quantitative estimate of drug-likeness (QED) is 0.736. The van der Waals surface area contributed by atoms with E-state index in [0.29, 0.717) is 12.6 Å². The summed E-state index contributed by atoms with van der Waals surface area (Å²) in [5.74, 6) is 1.08. The van der Waals surface area contributed by atoms with Gasteiger partial charge in [-0.2, -0.15) is 0 Å². The summed E-state index contributed by atoms with van der Waals surface area (Å²) in [4.78, 5) is 4.40. The van der Waals surface area contributed by atoms with Crippen LogP contribution in [0.1, 0.15) is 31.4 Å². The highest BCUT2D eigenvalue weighted by Crippen LogP contribution is 2.10. The molecule has 3 nitrogen and oxygen atoms in total. The lowest BCUT2D eigenvalue weighted by Crippen LogP contribution is -2.03. The van der Waals surface area contributed by atoms with Crippen LogP contribution in [0, 0.1) is 6.92 Å². The molecule has 3 heteroatoms. The van der Waals surface area contributed by atoms with Gasteiger partial charge in [-0.15, -0.1) is 0 Å². The number of nitrogens with zero attached hydrogens (tertiary/aromatic N) is 2. The minimum atomic E-state index is 0.490. The van der Waals surface area contributed by atoms with E-state index in [1.165, 1.54) is 0 Å². The van der Waals surface area contributed by atoms with Crippen molar-refractivity contribution in [1.82, 2.24) is 9.55 Å². The molecule has 68 valence electrons. The third-order valence-corrected chi connectivity index (χ3v) is 1.92. The maximum atomic E-state index is 5.45. The molecule has 0 saturated heterocycles. The summed E-state index contributed by atoms with van der Waals surface area (Å²) >= 11 is 0. The van der Waals surface area contributed by atoms with Gasteiger partial charge in [-0.05, 0) is 27.3 Å². The molecular weight excluding hydrogens is 150 g/mol. The van der Waals surface area contributed by atoms with Gasteiger partial charge in [0, 0.05) is 18.7 Å². The second-order valence-electron chi connectivity index (χ2n) is 3.32. The van der Waals surface area contributed by atoms with E-state index >= 15 is 0 Å². The Morgan fingerprint density at radius 3 is 2.67 bits per heavy atom. The van der Waals surface area contributed by atoms with Crippen LogP contribution in [-0.4, -0.2) is 16.1 Å².